The quantitative estimate of drug-likeness (QED) is 0.662. The number of hydrogen-bond donors (Lipinski definition) is 1. The van der Waals surface area contributed by atoms with E-state index in [0.29, 0.717) is 12.2 Å². The van der Waals surface area contributed by atoms with Crippen molar-refractivity contribution in [3.05, 3.63) is 23.8 Å². The van der Waals surface area contributed by atoms with E-state index in [0.717, 1.165) is 0 Å². The predicted molar refractivity (Wildman–Crippen MR) is 121 cm³/mol. The van der Waals surface area contributed by atoms with E-state index < -0.39 is 12.6 Å². The monoisotopic (exact) mass is 489 g/mol. The lowest BCUT2D eigenvalue weighted by molar-refractivity contribution is -0.140. The van der Waals surface area contributed by atoms with Crippen molar-refractivity contribution < 1.29 is 37.0 Å². The summed E-state index contributed by atoms with van der Waals surface area (Å²) in [5, 5.41) is 2.66. The molecule has 0 bridgehead atoms. The summed E-state index contributed by atoms with van der Waals surface area (Å²) in [6.07, 6.45) is -5.58. The minimum absolute atomic E-state index is 0.0849. The largest absolute Gasteiger partial charge is 0.491 e. The fraction of sp³-hybridized carbons (Fsp3) is 0.652. The van der Waals surface area contributed by atoms with Gasteiger partial charge in [-0.15, -0.1) is 0 Å². The number of hydrogen-bond acceptors (Lipinski definition) is 6. The van der Waals surface area contributed by atoms with Gasteiger partial charge >= 0.3 is 6.18 Å². The fourth-order valence-corrected chi connectivity index (χ4v) is 3.84. The highest BCUT2D eigenvalue weighted by Gasteiger charge is 2.32. The molecule has 1 aliphatic heterocycles. The van der Waals surface area contributed by atoms with E-state index >= 15 is 0 Å². The molecule has 0 aliphatic carbocycles. The third-order valence-electron chi connectivity index (χ3n) is 5.82. The van der Waals surface area contributed by atoms with Crippen LogP contribution in [0.1, 0.15) is 30.6 Å². The molecule has 0 unspecified atom stereocenters. The molecule has 192 valence electrons. The first-order valence-corrected chi connectivity index (χ1v) is 11.1. The summed E-state index contributed by atoms with van der Waals surface area (Å²) < 4.78 is 55.1. The Morgan fingerprint density at radius 3 is 2.56 bits per heavy atom. The molecule has 2 amide bonds. The number of methoxy groups -OCH3 is 2. The van der Waals surface area contributed by atoms with Crippen molar-refractivity contribution in [1.29, 1.82) is 0 Å². The van der Waals surface area contributed by atoms with E-state index in [1.165, 1.54) is 25.2 Å². The molecule has 0 spiro atoms. The smallest absolute Gasteiger partial charge is 0.390 e. The number of ether oxygens (including phenoxy) is 3. The molecule has 0 radical (unpaired) electrons. The fourth-order valence-electron chi connectivity index (χ4n) is 3.84. The highest BCUT2D eigenvalue weighted by molar-refractivity contribution is 5.99. The van der Waals surface area contributed by atoms with Gasteiger partial charge in [0.05, 0.1) is 18.1 Å². The maximum Gasteiger partial charge on any atom is 0.390 e. The van der Waals surface area contributed by atoms with Crippen LogP contribution in [0.5, 0.6) is 5.75 Å². The molecule has 3 atom stereocenters. The molecule has 0 saturated carbocycles. The first-order valence-electron chi connectivity index (χ1n) is 11.1. The van der Waals surface area contributed by atoms with Crippen LogP contribution in [-0.2, 0) is 14.3 Å². The van der Waals surface area contributed by atoms with Crippen molar-refractivity contribution in [3.8, 4) is 5.75 Å². The van der Waals surface area contributed by atoms with Crippen LogP contribution in [-0.4, -0.2) is 94.1 Å². The van der Waals surface area contributed by atoms with Crippen LogP contribution >= 0.6 is 0 Å². The van der Waals surface area contributed by atoms with Gasteiger partial charge in [0, 0.05) is 52.6 Å². The number of nitrogens with zero attached hydrogens (tertiary/aromatic N) is 2. The number of amides is 2. The van der Waals surface area contributed by atoms with Gasteiger partial charge in [-0.25, -0.2) is 0 Å². The van der Waals surface area contributed by atoms with Gasteiger partial charge in [-0.2, -0.15) is 13.2 Å². The topological polar surface area (TPSA) is 80.3 Å². The number of alkyl halides is 3. The molecule has 34 heavy (non-hydrogen) atoms. The van der Waals surface area contributed by atoms with Crippen LogP contribution in [0.25, 0.3) is 0 Å². The number of anilines is 1. The molecule has 1 aromatic rings. The molecule has 0 fully saturated rings. The zero-order valence-corrected chi connectivity index (χ0v) is 20.3. The second-order valence-electron chi connectivity index (χ2n) is 8.65. The Labute approximate surface area is 198 Å². The summed E-state index contributed by atoms with van der Waals surface area (Å²) in [7, 11) is 4.54. The number of benzene rings is 1. The third kappa shape index (κ3) is 8.14. The van der Waals surface area contributed by atoms with Crippen LogP contribution in [0.15, 0.2) is 18.2 Å². The average molecular weight is 490 g/mol. The minimum atomic E-state index is -4.27. The highest BCUT2D eigenvalue weighted by Crippen LogP contribution is 2.27. The molecular formula is C23H34F3N3O5. The number of carbonyl (C=O) groups is 2. The van der Waals surface area contributed by atoms with E-state index in [4.69, 9.17) is 14.2 Å². The number of fused-ring (bicyclic) bond motifs is 1. The summed E-state index contributed by atoms with van der Waals surface area (Å²) in [5.74, 6) is -0.560. The van der Waals surface area contributed by atoms with Crippen LogP contribution in [0.2, 0.25) is 0 Å². The van der Waals surface area contributed by atoms with Crippen LogP contribution < -0.4 is 10.1 Å². The van der Waals surface area contributed by atoms with E-state index in [9.17, 15) is 22.8 Å². The molecule has 1 aliphatic rings. The normalized spacial score (nSPS) is 22.9. The van der Waals surface area contributed by atoms with Crippen molar-refractivity contribution in [3.63, 3.8) is 0 Å². The average Bonchev–Trinajstić information content (AvgIpc) is 2.77. The summed E-state index contributed by atoms with van der Waals surface area (Å²) in [6.45, 7) is 4.06. The Morgan fingerprint density at radius 1 is 1.24 bits per heavy atom. The number of likely N-dealkylation sites (N-methyl/N-ethyl adjacent to an activating group) is 1. The lowest BCUT2D eigenvalue weighted by Crippen LogP contribution is -2.47. The maximum atomic E-state index is 13.3. The summed E-state index contributed by atoms with van der Waals surface area (Å²) in [5.41, 5.74) is 0.629. The zero-order valence-electron chi connectivity index (χ0n) is 20.3. The van der Waals surface area contributed by atoms with Crippen molar-refractivity contribution >= 4 is 17.5 Å². The second-order valence-corrected chi connectivity index (χ2v) is 8.65. The molecule has 11 heteroatoms. The first-order chi connectivity index (χ1) is 15.9. The van der Waals surface area contributed by atoms with Crippen molar-refractivity contribution in [2.45, 2.75) is 38.6 Å². The van der Waals surface area contributed by atoms with Gasteiger partial charge in [-0.1, -0.05) is 6.92 Å². The summed E-state index contributed by atoms with van der Waals surface area (Å²) in [4.78, 5) is 28.4. The Kier molecular flexibility index (Phi) is 10.1. The Morgan fingerprint density at radius 2 is 1.94 bits per heavy atom. The van der Waals surface area contributed by atoms with Gasteiger partial charge in [0.2, 0.25) is 5.91 Å². The number of nitrogens with one attached hydrogen (secondary N) is 1. The van der Waals surface area contributed by atoms with E-state index in [-0.39, 0.29) is 67.5 Å². The van der Waals surface area contributed by atoms with Crippen molar-refractivity contribution in [1.82, 2.24) is 9.80 Å². The van der Waals surface area contributed by atoms with Gasteiger partial charge in [-0.3, -0.25) is 14.5 Å². The Bertz CT molecular complexity index is 837. The highest BCUT2D eigenvalue weighted by atomic mass is 19.4. The van der Waals surface area contributed by atoms with Gasteiger partial charge in [0.25, 0.3) is 5.91 Å². The molecule has 0 saturated heterocycles. The van der Waals surface area contributed by atoms with Crippen molar-refractivity contribution in [2.24, 2.45) is 5.92 Å². The standard InChI is InChI=1S/C23H34F3N3O5/c1-15-11-29(9-8-23(24,25)26)16(2)13-34-19-7-6-17(27-21(30)14-32-4)10-18(19)22(31)28(3)12-20(15)33-5/h6-7,10,15-16,20H,8-9,11-14H2,1-5H3,(H,27,30)/t15-,16-,20+/m0/s1. The predicted octanol–water partition coefficient (Wildman–Crippen LogP) is 3.03. The van der Waals surface area contributed by atoms with Crippen molar-refractivity contribution in [2.75, 3.05) is 59.4 Å². The molecule has 0 aromatic heterocycles. The SMILES string of the molecule is COCC(=O)Nc1ccc2c(c1)C(=O)N(C)C[C@@H](OC)[C@@H](C)CN(CCC(F)(F)F)[C@@H](C)CO2. The maximum absolute atomic E-state index is 13.3. The van der Waals surface area contributed by atoms with Gasteiger partial charge in [0.15, 0.2) is 0 Å². The Hall–Kier alpha value is -2.37. The molecular weight excluding hydrogens is 455 g/mol. The molecule has 2 rings (SSSR count). The zero-order chi connectivity index (χ0) is 25.5. The number of halogens is 3. The van der Waals surface area contributed by atoms with Crippen LogP contribution in [0.4, 0.5) is 18.9 Å². The van der Waals surface area contributed by atoms with E-state index in [1.54, 1.807) is 31.0 Å². The number of rotatable bonds is 6. The lowest BCUT2D eigenvalue weighted by Gasteiger charge is -2.36. The molecule has 1 aromatic carbocycles. The lowest BCUT2D eigenvalue weighted by atomic mass is 10.0. The first kappa shape index (κ1) is 27.9. The minimum Gasteiger partial charge on any atom is -0.491 e. The van der Waals surface area contributed by atoms with E-state index in [2.05, 4.69) is 5.32 Å². The van der Waals surface area contributed by atoms with Crippen LogP contribution in [0.3, 0.4) is 0 Å². The van der Waals surface area contributed by atoms with Gasteiger partial charge < -0.3 is 24.4 Å². The van der Waals surface area contributed by atoms with Gasteiger partial charge in [-0.05, 0) is 31.0 Å². The van der Waals surface area contributed by atoms with Gasteiger partial charge in [0.1, 0.15) is 19.0 Å². The second kappa shape index (κ2) is 12.4. The summed E-state index contributed by atoms with van der Waals surface area (Å²) in [6, 6.07) is 4.34. The Balaban J connectivity index is 2.37. The number of carbonyl (C=O) groups excluding carboxylic acids is 2. The molecule has 1 heterocycles. The molecule has 1 N–H and O–H groups in total. The summed E-state index contributed by atoms with van der Waals surface area (Å²) >= 11 is 0. The van der Waals surface area contributed by atoms with E-state index in [1.807, 2.05) is 6.92 Å². The molecule has 8 nitrogen and oxygen atoms in total. The van der Waals surface area contributed by atoms with Crippen LogP contribution in [0, 0.1) is 5.92 Å². The third-order valence-corrected chi connectivity index (χ3v) is 5.82.